The lowest BCUT2D eigenvalue weighted by Gasteiger charge is -2.34. The van der Waals surface area contributed by atoms with Crippen LogP contribution < -0.4 is 0 Å². The van der Waals surface area contributed by atoms with E-state index in [0.29, 0.717) is 6.54 Å². The third kappa shape index (κ3) is 6.79. The Bertz CT molecular complexity index is 614. The van der Waals surface area contributed by atoms with Crippen molar-refractivity contribution >= 4 is 30.6 Å². The van der Waals surface area contributed by atoms with Crippen LogP contribution in [0.4, 0.5) is 0 Å². The minimum absolute atomic E-state index is 0. The number of ketones is 1. The molecule has 2 aromatic carbocycles. The van der Waals surface area contributed by atoms with E-state index < -0.39 is 0 Å². The van der Waals surface area contributed by atoms with Crippen molar-refractivity contribution < 1.29 is 4.79 Å². The molecule has 0 bridgehead atoms. The normalized spacial score (nSPS) is 15.0. The molecule has 136 valence electrons. The second kappa shape index (κ2) is 11.3. The van der Waals surface area contributed by atoms with E-state index in [4.69, 9.17) is 0 Å². The van der Waals surface area contributed by atoms with Gasteiger partial charge >= 0.3 is 0 Å². The summed E-state index contributed by atoms with van der Waals surface area (Å²) in [4.78, 5) is 17.0. The predicted molar refractivity (Wildman–Crippen MR) is 108 cm³/mol. The standard InChI is InChI=1S/C20H24N2O.2ClH/c23-20(19-9-5-2-6-10-19)17-22-15-13-21(14-16-22)12-11-18-7-3-1-4-8-18;;/h1-10H,11-17H2;2*1H. The molecule has 1 saturated heterocycles. The van der Waals surface area contributed by atoms with Gasteiger partial charge < -0.3 is 4.90 Å². The van der Waals surface area contributed by atoms with Gasteiger partial charge in [-0.3, -0.25) is 9.69 Å². The zero-order valence-corrected chi connectivity index (χ0v) is 16.0. The van der Waals surface area contributed by atoms with Gasteiger partial charge in [0.25, 0.3) is 0 Å². The van der Waals surface area contributed by atoms with E-state index in [0.717, 1.165) is 44.7 Å². The van der Waals surface area contributed by atoms with E-state index in [9.17, 15) is 4.79 Å². The molecule has 0 aromatic heterocycles. The van der Waals surface area contributed by atoms with E-state index >= 15 is 0 Å². The van der Waals surface area contributed by atoms with Crippen molar-refractivity contribution in [3.63, 3.8) is 0 Å². The van der Waals surface area contributed by atoms with Crippen LogP contribution in [-0.2, 0) is 6.42 Å². The fourth-order valence-corrected chi connectivity index (χ4v) is 3.02. The number of carbonyl (C=O) groups is 1. The maximum absolute atomic E-state index is 12.2. The SMILES string of the molecule is Cl.Cl.O=C(CN1CCN(CCc2ccccc2)CC1)c1ccccc1. The van der Waals surface area contributed by atoms with Crippen molar-refractivity contribution in [1.29, 1.82) is 0 Å². The van der Waals surface area contributed by atoms with Gasteiger partial charge in [-0.1, -0.05) is 60.7 Å². The number of Topliss-reactive ketones (excluding diaryl/α,β-unsaturated/α-hetero) is 1. The number of piperazine rings is 1. The summed E-state index contributed by atoms with van der Waals surface area (Å²) in [6.45, 7) is 5.70. The van der Waals surface area contributed by atoms with Gasteiger partial charge in [0.1, 0.15) is 0 Å². The van der Waals surface area contributed by atoms with Crippen LogP contribution in [0.1, 0.15) is 15.9 Å². The Morgan fingerprint density at radius 3 is 1.88 bits per heavy atom. The highest BCUT2D eigenvalue weighted by Gasteiger charge is 2.19. The van der Waals surface area contributed by atoms with Crippen molar-refractivity contribution in [2.75, 3.05) is 39.3 Å². The highest BCUT2D eigenvalue weighted by atomic mass is 35.5. The summed E-state index contributed by atoms with van der Waals surface area (Å²) in [5.74, 6) is 0.225. The Morgan fingerprint density at radius 2 is 1.28 bits per heavy atom. The van der Waals surface area contributed by atoms with Crippen LogP contribution in [0, 0.1) is 0 Å². The number of hydrogen-bond acceptors (Lipinski definition) is 3. The first-order valence-corrected chi connectivity index (χ1v) is 8.38. The first-order valence-electron chi connectivity index (χ1n) is 8.38. The summed E-state index contributed by atoms with van der Waals surface area (Å²) in [5, 5.41) is 0. The topological polar surface area (TPSA) is 23.6 Å². The molecule has 0 atom stereocenters. The fraction of sp³-hybridized carbons (Fsp3) is 0.350. The van der Waals surface area contributed by atoms with Crippen LogP contribution in [0.15, 0.2) is 60.7 Å². The number of nitrogens with zero attached hydrogens (tertiary/aromatic N) is 2. The zero-order valence-electron chi connectivity index (χ0n) is 14.3. The van der Waals surface area contributed by atoms with Crippen molar-refractivity contribution in [2.45, 2.75) is 6.42 Å². The van der Waals surface area contributed by atoms with E-state index in [2.05, 4.69) is 40.1 Å². The summed E-state index contributed by atoms with van der Waals surface area (Å²) in [5.41, 5.74) is 2.22. The van der Waals surface area contributed by atoms with Crippen LogP contribution in [0.25, 0.3) is 0 Å². The molecule has 5 heteroatoms. The van der Waals surface area contributed by atoms with Gasteiger partial charge in [-0.15, -0.1) is 24.8 Å². The summed E-state index contributed by atoms with van der Waals surface area (Å²) in [6.07, 6.45) is 1.10. The number of benzene rings is 2. The Labute approximate surface area is 162 Å². The summed E-state index contributed by atoms with van der Waals surface area (Å²) < 4.78 is 0. The molecule has 2 aromatic rings. The van der Waals surface area contributed by atoms with Crippen LogP contribution in [0.2, 0.25) is 0 Å². The van der Waals surface area contributed by atoms with Gasteiger partial charge in [-0.25, -0.2) is 0 Å². The molecule has 1 fully saturated rings. The molecular weight excluding hydrogens is 355 g/mol. The molecule has 1 aliphatic rings. The minimum Gasteiger partial charge on any atom is -0.300 e. The molecule has 0 spiro atoms. The largest absolute Gasteiger partial charge is 0.300 e. The van der Waals surface area contributed by atoms with E-state index in [1.165, 1.54) is 5.56 Å². The zero-order chi connectivity index (χ0) is 15.9. The lowest BCUT2D eigenvalue weighted by atomic mass is 10.1. The molecule has 1 heterocycles. The van der Waals surface area contributed by atoms with Crippen molar-refractivity contribution in [1.82, 2.24) is 9.80 Å². The molecule has 0 saturated carbocycles. The molecule has 0 N–H and O–H groups in total. The van der Waals surface area contributed by atoms with Crippen LogP contribution in [-0.4, -0.2) is 54.9 Å². The third-order valence-corrected chi connectivity index (χ3v) is 4.49. The molecule has 0 amide bonds. The Hall–Kier alpha value is -1.39. The van der Waals surface area contributed by atoms with Crippen LogP contribution >= 0.6 is 24.8 Å². The van der Waals surface area contributed by atoms with E-state index in [-0.39, 0.29) is 30.6 Å². The minimum atomic E-state index is 0. The quantitative estimate of drug-likeness (QED) is 0.715. The Balaban J connectivity index is 0.00000156. The van der Waals surface area contributed by atoms with Crippen LogP contribution in [0.3, 0.4) is 0 Å². The maximum atomic E-state index is 12.2. The molecule has 1 aliphatic heterocycles. The van der Waals surface area contributed by atoms with Crippen molar-refractivity contribution in [3.8, 4) is 0 Å². The molecular formula is C20H26Cl2N2O. The molecule has 3 rings (SSSR count). The fourth-order valence-electron chi connectivity index (χ4n) is 3.02. The average Bonchev–Trinajstić information content (AvgIpc) is 2.63. The van der Waals surface area contributed by atoms with Crippen LogP contribution in [0.5, 0.6) is 0 Å². The maximum Gasteiger partial charge on any atom is 0.176 e. The second-order valence-electron chi connectivity index (χ2n) is 6.14. The first kappa shape index (κ1) is 21.7. The van der Waals surface area contributed by atoms with Gasteiger partial charge in [-0.2, -0.15) is 0 Å². The molecule has 25 heavy (non-hydrogen) atoms. The number of carbonyl (C=O) groups excluding carboxylic acids is 1. The van der Waals surface area contributed by atoms with E-state index in [1.54, 1.807) is 0 Å². The van der Waals surface area contributed by atoms with Gasteiger partial charge in [0, 0.05) is 38.3 Å². The molecule has 3 nitrogen and oxygen atoms in total. The van der Waals surface area contributed by atoms with Gasteiger partial charge in [0.15, 0.2) is 5.78 Å². The second-order valence-corrected chi connectivity index (χ2v) is 6.14. The first-order chi connectivity index (χ1) is 11.3. The molecule has 0 aliphatic carbocycles. The number of rotatable bonds is 6. The molecule has 0 radical (unpaired) electrons. The Morgan fingerprint density at radius 1 is 0.760 bits per heavy atom. The number of hydrogen-bond donors (Lipinski definition) is 0. The molecule has 0 unspecified atom stereocenters. The lowest BCUT2D eigenvalue weighted by Crippen LogP contribution is -2.48. The Kier molecular flexibility index (Phi) is 9.76. The highest BCUT2D eigenvalue weighted by molar-refractivity contribution is 5.97. The highest BCUT2D eigenvalue weighted by Crippen LogP contribution is 2.07. The monoisotopic (exact) mass is 380 g/mol. The summed E-state index contributed by atoms with van der Waals surface area (Å²) >= 11 is 0. The van der Waals surface area contributed by atoms with Gasteiger partial charge in [-0.05, 0) is 12.0 Å². The summed E-state index contributed by atoms with van der Waals surface area (Å²) in [7, 11) is 0. The van der Waals surface area contributed by atoms with Crippen molar-refractivity contribution in [2.24, 2.45) is 0 Å². The predicted octanol–water partition coefficient (Wildman–Crippen LogP) is 3.57. The van der Waals surface area contributed by atoms with Crippen molar-refractivity contribution in [3.05, 3.63) is 71.8 Å². The van der Waals surface area contributed by atoms with Gasteiger partial charge in [0.05, 0.1) is 6.54 Å². The third-order valence-electron chi connectivity index (χ3n) is 4.49. The average molecular weight is 381 g/mol. The van der Waals surface area contributed by atoms with Gasteiger partial charge in [0.2, 0.25) is 0 Å². The van der Waals surface area contributed by atoms with E-state index in [1.807, 2.05) is 30.3 Å². The smallest absolute Gasteiger partial charge is 0.176 e. The summed E-state index contributed by atoms with van der Waals surface area (Å²) in [6, 6.07) is 20.2. The number of halogens is 2. The lowest BCUT2D eigenvalue weighted by molar-refractivity contribution is 0.0854.